The molecule has 3 heterocycles. The predicted octanol–water partition coefficient (Wildman–Crippen LogP) is -0.511. The highest BCUT2D eigenvalue weighted by Gasteiger charge is 2.31. The molecular formula is C16H26N4O5. The van der Waals surface area contributed by atoms with Gasteiger partial charge in [-0.05, 0) is 19.3 Å². The first kappa shape index (κ1) is 18.2. The highest BCUT2D eigenvalue weighted by molar-refractivity contribution is 5.81. The van der Waals surface area contributed by atoms with E-state index in [0.29, 0.717) is 57.4 Å². The number of aliphatic hydroxyl groups excluding tert-OH is 1. The van der Waals surface area contributed by atoms with E-state index in [-0.39, 0.29) is 18.1 Å². The monoisotopic (exact) mass is 354 g/mol. The first-order valence-corrected chi connectivity index (χ1v) is 8.77. The smallest absolute Gasteiger partial charge is 0.249 e. The summed E-state index contributed by atoms with van der Waals surface area (Å²) in [5.74, 6) is 1.03. The van der Waals surface area contributed by atoms with Crippen molar-refractivity contribution in [2.75, 3.05) is 33.4 Å². The third-order valence-corrected chi connectivity index (χ3v) is 4.47. The maximum absolute atomic E-state index is 12.2. The fourth-order valence-corrected chi connectivity index (χ4v) is 3.31. The van der Waals surface area contributed by atoms with Crippen molar-refractivity contribution in [2.45, 2.75) is 50.5 Å². The SMILES string of the molecule is COCCc1noc(CN2C[C@H](O)C[C@H](NC(=O)[C@@H]3CCCO3)C2)n1. The van der Waals surface area contributed by atoms with Crippen molar-refractivity contribution in [3.05, 3.63) is 11.7 Å². The number of aromatic nitrogens is 2. The molecule has 2 aliphatic rings. The number of β-amino-alcohol motifs (C(OH)–C–C–N with tert-alkyl or cyclic N) is 1. The molecule has 0 unspecified atom stereocenters. The molecule has 2 N–H and O–H groups in total. The van der Waals surface area contributed by atoms with Crippen LogP contribution in [0.3, 0.4) is 0 Å². The molecule has 25 heavy (non-hydrogen) atoms. The number of nitrogens with one attached hydrogen (secondary N) is 1. The van der Waals surface area contributed by atoms with E-state index in [2.05, 4.69) is 15.5 Å². The summed E-state index contributed by atoms with van der Waals surface area (Å²) >= 11 is 0. The van der Waals surface area contributed by atoms with Gasteiger partial charge in [-0.25, -0.2) is 0 Å². The van der Waals surface area contributed by atoms with Crippen LogP contribution in [0.25, 0.3) is 0 Å². The molecule has 0 aromatic carbocycles. The molecule has 0 bridgehead atoms. The molecule has 1 amide bonds. The van der Waals surface area contributed by atoms with Crippen LogP contribution in [0.1, 0.15) is 31.0 Å². The van der Waals surface area contributed by atoms with Crippen molar-refractivity contribution in [1.29, 1.82) is 0 Å². The van der Waals surface area contributed by atoms with E-state index in [1.807, 2.05) is 4.90 Å². The Hall–Kier alpha value is -1.55. The number of hydrogen-bond acceptors (Lipinski definition) is 8. The lowest BCUT2D eigenvalue weighted by Crippen LogP contribution is -2.53. The first-order chi connectivity index (χ1) is 12.1. The van der Waals surface area contributed by atoms with Crippen molar-refractivity contribution in [3.8, 4) is 0 Å². The zero-order valence-electron chi connectivity index (χ0n) is 14.5. The van der Waals surface area contributed by atoms with Gasteiger partial charge in [0.15, 0.2) is 5.82 Å². The Balaban J connectivity index is 1.51. The lowest BCUT2D eigenvalue weighted by atomic mass is 10.0. The number of ether oxygens (including phenoxy) is 2. The maximum atomic E-state index is 12.2. The molecule has 3 atom stereocenters. The Kier molecular flexibility index (Phi) is 6.35. The Bertz CT molecular complexity index is 560. The molecule has 2 fully saturated rings. The van der Waals surface area contributed by atoms with Gasteiger partial charge >= 0.3 is 0 Å². The van der Waals surface area contributed by atoms with Gasteiger partial charge in [-0.1, -0.05) is 5.16 Å². The third-order valence-electron chi connectivity index (χ3n) is 4.47. The summed E-state index contributed by atoms with van der Waals surface area (Å²) < 4.78 is 15.7. The summed E-state index contributed by atoms with van der Waals surface area (Å²) in [6, 6.07) is -0.115. The van der Waals surface area contributed by atoms with Crippen LogP contribution in [-0.2, 0) is 27.2 Å². The topological polar surface area (TPSA) is 110 Å². The molecule has 0 radical (unpaired) electrons. The highest BCUT2D eigenvalue weighted by atomic mass is 16.5. The lowest BCUT2D eigenvalue weighted by molar-refractivity contribution is -0.131. The number of piperidine rings is 1. The van der Waals surface area contributed by atoms with Crippen molar-refractivity contribution >= 4 is 5.91 Å². The number of hydrogen-bond donors (Lipinski definition) is 2. The van der Waals surface area contributed by atoms with E-state index >= 15 is 0 Å². The summed E-state index contributed by atoms with van der Waals surface area (Å²) in [6.45, 7) is 2.77. The summed E-state index contributed by atoms with van der Waals surface area (Å²) in [5.41, 5.74) is 0. The number of rotatable bonds is 7. The van der Waals surface area contributed by atoms with Crippen molar-refractivity contribution in [2.24, 2.45) is 0 Å². The number of carbonyl (C=O) groups is 1. The van der Waals surface area contributed by atoms with Crippen molar-refractivity contribution < 1.29 is 23.9 Å². The number of methoxy groups -OCH3 is 1. The van der Waals surface area contributed by atoms with Crippen LogP contribution >= 0.6 is 0 Å². The van der Waals surface area contributed by atoms with Crippen LogP contribution in [-0.4, -0.2) is 77.7 Å². The normalized spacial score (nSPS) is 27.5. The van der Waals surface area contributed by atoms with Gasteiger partial charge in [0.25, 0.3) is 0 Å². The van der Waals surface area contributed by atoms with Gasteiger partial charge in [0.1, 0.15) is 6.10 Å². The average molecular weight is 354 g/mol. The molecule has 9 nitrogen and oxygen atoms in total. The van der Waals surface area contributed by atoms with Gasteiger partial charge in [0.05, 0.1) is 19.3 Å². The second-order valence-corrected chi connectivity index (χ2v) is 6.64. The zero-order chi connectivity index (χ0) is 17.6. The summed E-state index contributed by atoms with van der Waals surface area (Å²) in [7, 11) is 1.63. The third kappa shape index (κ3) is 5.21. The Morgan fingerprint density at radius 3 is 3.12 bits per heavy atom. The predicted molar refractivity (Wildman–Crippen MR) is 86.7 cm³/mol. The van der Waals surface area contributed by atoms with E-state index in [4.69, 9.17) is 14.0 Å². The van der Waals surface area contributed by atoms with E-state index in [1.54, 1.807) is 7.11 Å². The molecule has 9 heteroatoms. The van der Waals surface area contributed by atoms with Gasteiger partial charge in [-0.15, -0.1) is 0 Å². The van der Waals surface area contributed by atoms with Gasteiger partial charge in [0, 0.05) is 39.3 Å². The Morgan fingerprint density at radius 1 is 1.48 bits per heavy atom. The van der Waals surface area contributed by atoms with Crippen LogP contribution < -0.4 is 5.32 Å². The largest absolute Gasteiger partial charge is 0.392 e. The van der Waals surface area contributed by atoms with Crippen LogP contribution in [0.4, 0.5) is 0 Å². The molecular weight excluding hydrogens is 328 g/mol. The van der Waals surface area contributed by atoms with Gasteiger partial charge in [0.2, 0.25) is 11.8 Å². The summed E-state index contributed by atoms with van der Waals surface area (Å²) in [6.07, 6.45) is 1.96. The second kappa shape index (κ2) is 8.70. The summed E-state index contributed by atoms with van der Waals surface area (Å²) in [4.78, 5) is 18.5. The van der Waals surface area contributed by atoms with E-state index in [0.717, 1.165) is 12.8 Å². The molecule has 1 aromatic rings. The number of aliphatic hydroxyl groups is 1. The minimum Gasteiger partial charge on any atom is -0.392 e. The molecule has 140 valence electrons. The second-order valence-electron chi connectivity index (χ2n) is 6.64. The van der Waals surface area contributed by atoms with Gasteiger partial charge in [-0.3, -0.25) is 9.69 Å². The van der Waals surface area contributed by atoms with E-state index in [9.17, 15) is 9.90 Å². The first-order valence-electron chi connectivity index (χ1n) is 8.77. The maximum Gasteiger partial charge on any atom is 0.249 e. The summed E-state index contributed by atoms with van der Waals surface area (Å²) in [5, 5.41) is 17.0. The minimum atomic E-state index is -0.501. The molecule has 0 saturated carbocycles. The van der Waals surface area contributed by atoms with Crippen LogP contribution in [0.2, 0.25) is 0 Å². The number of carbonyl (C=O) groups excluding carboxylic acids is 1. The van der Waals surface area contributed by atoms with Crippen LogP contribution in [0, 0.1) is 0 Å². The zero-order valence-corrected chi connectivity index (χ0v) is 14.5. The quantitative estimate of drug-likeness (QED) is 0.674. The van der Waals surface area contributed by atoms with E-state index < -0.39 is 6.10 Å². The average Bonchev–Trinajstić information content (AvgIpc) is 3.24. The Morgan fingerprint density at radius 2 is 2.36 bits per heavy atom. The molecule has 0 spiro atoms. The molecule has 2 saturated heterocycles. The van der Waals surface area contributed by atoms with Crippen molar-refractivity contribution in [3.63, 3.8) is 0 Å². The van der Waals surface area contributed by atoms with E-state index in [1.165, 1.54) is 0 Å². The fourth-order valence-electron chi connectivity index (χ4n) is 3.31. The van der Waals surface area contributed by atoms with Gasteiger partial charge in [-0.2, -0.15) is 4.98 Å². The number of amides is 1. The fraction of sp³-hybridized carbons (Fsp3) is 0.812. The minimum absolute atomic E-state index is 0.0869. The highest BCUT2D eigenvalue weighted by Crippen LogP contribution is 2.16. The number of nitrogens with zero attached hydrogens (tertiary/aromatic N) is 3. The number of likely N-dealkylation sites (tertiary alicyclic amines) is 1. The molecule has 0 aliphatic carbocycles. The Labute approximate surface area is 146 Å². The molecule has 2 aliphatic heterocycles. The molecule has 1 aromatic heterocycles. The standard InChI is InChI=1S/C16H26N4O5/c1-23-6-4-14-18-15(25-19-14)10-20-8-11(7-12(21)9-20)17-16(22)13-3-2-5-24-13/h11-13,21H,2-10H2,1H3,(H,17,22)/t11-,12+,13-/m0/s1. The van der Waals surface area contributed by atoms with Crippen molar-refractivity contribution in [1.82, 2.24) is 20.4 Å². The van der Waals surface area contributed by atoms with Crippen LogP contribution in [0.15, 0.2) is 4.52 Å². The lowest BCUT2D eigenvalue weighted by Gasteiger charge is -2.35. The molecule has 3 rings (SSSR count). The van der Waals surface area contributed by atoms with Gasteiger partial charge < -0.3 is 24.4 Å². The van der Waals surface area contributed by atoms with Crippen LogP contribution in [0.5, 0.6) is 0 Å².